The van der Waals surface area contributed by atoms with E-state index in [-0.39, 0.29) is 28.1 Å². The molecule has 2 amide bonds. The van der Waals surface area contributed by atoms with Gasteiger partial charge in [0.05, 0.1) is 15.5 Å². The zero-order valence-corrected chi connectivity index (χ0v) is 16.2. The lowest BCUT2D eigenvalue weighted by Crippen LogP contribution is -2.51. The number of hydrogen-bond acceptors (Lipinski definition) is 5. The Balaban J connectivity index is 2.00. The third kappa shape index (κ3) is 5.90. The zero-order valence-electron chi connectivity index (χ0n) is 15.5. The number of nitro groups is 1. The van der Waals surface area contributed by atoms with Crippen LogP contribution in [-0.2, 0) is 4.79 Å². The lowest BCUT2D eigenvalue weighted by Gasteiger charge is -2.26. The number of non-ortho nitro benzene ring substituents is 1. The molecule has 2 atom stereocenters. The average Bonchev–Trinajstić information content (AvgIpc) is 2.64. The molecule has 9 heteroatoms. The summed E-state index contributed by atoms with van der Waals surface area (Å²) in [6, 6.07) is 2.90. The first-order chi connectivity index (χ1) is 12.8. The molecule has 0 bridgehead atoms. The molecule has 1 saturated heterocycles. The van der Waals surface area contributed by atoms with Gasteiger partial charge in [0, 0.05) is 18.7 Å². The van der Waals surface area contributed by atoms with E-state index in [2.05, 4.69) is 16.0 Å². The van der Waals surface area contributed by atoms with E-state index in [4.69, 9.17) is 11.6 Å². The number of carbonyl (C=O) groups is 2. The molecule has 0 aromatic heterocycles. The maximum absolute atomic E-state index is 12.6. The number of nitrogens with zero attached hydrogens (tertiary/aromatic N) is 1. The van der Waals surface area contributed by atoms with E-state index in [0.29, 0.717) is 12.5 Å². The lowest BCUT2D eigenvalue weighted by atomic mass is 9.98. The number of hydrogen-bond donors (Lipinski definition) is 3. The van der Waals surface area contributed by atoms with E-state index in [1.807, 2.05) is 13.8 Å². The van der Waals surface area contributed by atoms with Crippen LogP contribution in [0.5, 0.6) is 0 Å². The fourth-order valence-electron chi connectivity index (χ4n) is 3.01. The number of piperidine rings is 1. The maximum Gasteiger partial charge on any atom is 0.270 e. The van der Waals surface area contributed by atoms with Crippen molar-refractivity contribution in [2.24, 2.45) is 11.8 Å². The Morgan fingerprint density at radius 1 is 1.41 bits per heavy atom. The predicted molar refractivity (Wildman–Crippen MR) is 103 cm³/mol. The van der Waals surface area contributed by atoms with Crippen LogP contribution in [0.3, 0.4) is 0 Å². The third-order valence-corrected chi connectivity index (χ3v) is 4.92. The summed E-state index contributed by atoms with van der Waals surface area (Å²) in [5, 5.41) is 19.7. The number of rotatable bonds is 7. The molecule has 2 unspecified atom stereocenters. The molecular weight excluding hydrogens is 372 g/mol. The number of nitro benzene ring substituents is 1. The normalized spacial score (nSPS) is 18.0. The molecule has 1 aliphatic heterocycles. The molecule has 1 heterocycles. The van der Waals surface area contributed by atoms with E-state index < -0.39 is 16.9 Å². The smallest absolute Gasteiger partial charge is 0.270 e. The third-order valence-electron chi connectivity index (χ3n) is 4.61. The second kappa shape index (κ2) is 9.66. The summed E-state index contributed by atoms with van der Waals surface area (Å²) in [6.45, 7) is 6.11. The van der Waals surface area contributed by atoms with E-state index >= 15 is 0 Å². The van der Waals surface area contributed by atoms with Crippen LogP contribution in [0.2, 0.25) is 5.02 Å². The van der Waals surface area contributed by atoms with Crippen LogP contribution >= 0.6 is 11.6 Å². The number of halogens is 1. The van der Waals surface area contributed by atoms with Crippen molar-refractivity contribution in [3.63, 3.8) is 0 Å². The molecule has 0 saturated carbocycles. The largest absolute Gasteiger partial charge is 0.354 e. The fourth-order valence-corrected chi connectivity index (χ4v) is 3.27. The Labute approximate surface area is 163 Å². The van der Waals surface area contributed by atoms with Crippen LogP contribution in [0.15, 0.2) is 18.2 Å². The van der Waals surface area contributed by atoms with Crippen LogP contribution < -0.4 is 16.0 Å². The SMILES string of the molecule is CC(C)C(NC(=O)c1ccc([N+](=O)[O-])cc1Cl)C(=O)NCC1CCCNC1. The van der Waals surface area contributed by atoms with E-state index in [0.717, 1.165) is 32.0 Å². The molecule has 1 aliphatic rings. The highest BCUT2D eigenvalue weighted by Crippen LogP contribution is 2.22. The van der Waals surface area contributed by atoms with Gasteiger partial charge in [-0.2, -0.15) is 0 Å². The number of benzene rings is 1. The zero-order chi connectivity index (χ0) is 20.0. The van der Waals surface area contributed by atoms with Crippen molar-refractivity contribution in [1.82, 2.24) is 16.0 Å². The van der Waals surface area contributed by atoms with Crippen LogP contribution in [0.25, 0.3) is 0 Å². The highest BCUT2D eigenvalue weighted by atomic mass is 35.5. The van der Waals surface area contributed by atoms with Gasteiger partial charge in [-0.25, -0.2) is 0 Å². The first kappa shape index (κ1) is 21.1. The number of amides is 2. The molecule has 1 aromatic carbocycles. The molecule has 2 rings (SSSR count). The predicted octanol–water partition coefficient (Wildman–Crippen LogP) is 2.12. The van der Waals surface area contributed by atoms with Gasteiger partial charge in [-0.1, -0.05) is 25.4 Å². The number of carbonyl (C=O) groups excluding carboxylic acids is 2. The molecule has 1 fully saturated rings. The summed E-state index contributed by atoms with van der Waals surface area (Å²) < 4.78 is 0. The Morgan fingerprint density at radius 3 is 2.70 bits per heavy atom. The highest BCUT2D eigenvalue weighted by Gasteiger charge is 2.26. The van der Waals surface area contributed by atoms with Crippen LogP contribution in [0, 0.1) is 22.0 Å². The summed E-state index contributed by atoms with van der Waals surface area (Å²) in [5.74, 6) is -0.532. The van der Waals surface area contributed by atoms with Crippen molar-refractivity contribution in [3.8, 4) is 0 Å². The van der Waals surface area contributed by atoms with Crippen molar-refractivity contribution in [2.75, 3.05) is 19.6 Å². The molecule has 3 N–H and O–H groups in total. The van der Waals surface area contributed by atoms with Gasteiger partial charge in [-0.05, 0) is 43.8 Å². The van der Waals surface area contributed by atoms with Crippen molar-refractivity contribution >= 4 is 29.1 Å². The maximum atomic E-state index is 12.6. The van der Waals surface area contributed by atoms with Gasteiger partial charge in [0.15, 0.2) is 0 Å². The minimum absolute atomic E-state index is 0.0297. The first-order valence-electron chi connectivity index (χ1n) is 9.02. The Morgan fingerprint density at radius 2 is 2.15 bits per heavy atom. The first-order valence-corrected chi connectivity index (χ1v) is 9.40. The van der Waals surface area contributed by atoms with Gasteiger partial charge in [-0.15, -0.1) is 0 Å². The second-order valence-corrected chi connectivity index (χ2v) is 7.48. The van der Waals surface area contributed by atoms with Crippen LogP contribution in [0.1, 0.15) is 37.0 Å². The van der Waals surface area contributed by atoms with Gasteiger partial charge in [0.2, 0.25) is 5.91 Å². The fraction of sp³-hybridized carbons (Fsp3) is 0.556. The molecule has 0 aliphatic carbocycles. The Hall–Kier alpha value is -2.19. The Bertz CT molecular complexity index is 705. The van der Waals surface area contributed by atoms with E-state index in [1.54, 1.807) is 0 Å². The summed E-state index contributed by atoms with van der Waals surface area (Å²) in [6.07, 6.45) is 2.15. The second-order valence-electron chi connectivity index (χ2n) is 7.07. The lowest BCUT2D eigenvalue weighted by molar-refractivity contribution is -0.384. The van der Waals surface area contributed by atoms with Gasteiger partial charge in [-0.3, -0.25) is 19.7 Å². The standard InChI is InChI=1S/C18H25ClN4O4/c1-11(2)16(18(25)21-10-12-4-3-7-20-9-12)22-17(24)14-6-5-13(23(26)27)8-15(14)19/h5-6,8,11-12,16,20H,3-4,7,9-10H2,1-2H3,(H,21,25)(H,22,24). The van der Waals surface area contributed by atoms with E-state index in [9.17, 15) is 19.7 Å². The van der Waals surface area contributed by atoms with Crippen molar-refractivity contribution in [3.05, 3.63) is 38.9 Å². The summed E-state index contributed by atoms with van der Waals surface area (Å²) in [7, 11) is 0. The molecule has 1 aromatic rings. The van der Waals surface area contributed by atoms with E-state index in [1.165, 1.54) is 12.1 Å². The van der Waals surface area contributed by atoms with Crippen molar-refractivity contribution < 1.29 is 14.5 Å². The number of nitrogens with one attached hydrogen (secondary N) is 3. The average molecular weight is 397 g/mol. The topological polar surface area (TPSA) is 113 Å². The van der Waals surface area contributed by atoms with Crippen molar-refractivity contribution in [2.45, 2.75) is 32.7 Å². The minimum atomic E-state index is -0.722. The molecule has 0 radical (unpaired) electrons. The van der Waals surface area contributed by atoms with Gasteiger partial charge < -0.3 is 16.0 Å². The summed E-state index contributed by atoms with van der Waals surface area (Å²) in [4.78, 5) is 35.3. The molecule has 0 spiro atoms. The van der Waals surface area contributed by atoms with Crippen LogP contribution in [0.4, 0.5) is 5.69 Å². The Kier molecular flexibility index (Phi) is 7.55. The summed E-state index contributed by atoms with van der Waals surface area (Å²) >= 11 is 6.00. The monoisotopic (exact) mass is 396 g/mol. The quantitative estimate of drug-likeness (QED) is 0.482. The molecule has 27 heavy (non-hydrogen) atoms. The minimum Gasteiger partial charge on any atom is -0.354 e. The van der Waals surface area contributed by atoms with Gasteiger partial charge in [0.25, 0.3) is 11.6 Å². The molecule has 148 valence electrons. The van der Waals surface area contributed by atoms with Gasteiger partial charge in [0.1, 0.15) is 6.04 Å². The summed E-state index contributed by atoms with van der Waals surface area (Å²) in [5.41, 5.74) is -0.104. The molecular formula is C18H25ClN4O4. The highest BCUT2D eigenvalue weighted by molar-refractivity contribution is 6.34. The molecule has 8 nitrogen and oxygen atoms in total. The van der Waals surface area contributed by atoms with Crippen LogP contribution in [-0.4, -0.2) is 42.4 Å². The van der Waals surface area contributed by atoms with Crippen molar-refractivity contribution in [1.29, 1.82) is 0 Å². The van der Waals surface area contributed by atoms with Gasteiger partial charge >= 0.3 is 0 Å².